The van der Waals surface area contributed by atoms with E-state index in [0.29, 0.717) is 4.88 Å². The van der Waals surface area contributed by atoms with Gasteiger partial charge in [-0.2, -0.15) is 0 Å². The summed E-state index contributed by atoms with van der Waals surface area (Å²) in [6, 6.07) is 3.57. The minimum Gasteiger partial charge on any atom is -0.477 e. The molecule has 0 fully saturated rings. The summed E-state index contributed by atoms with van der Waals surface area (Å²) in [5, 5.41) is 8.74. The van der Waals surface area contributed by atoms with E-state index in [0.717, 1.165) is 24.5 Å². The molecule has 0 aliphatic rings. The van der Waals surface area contributed by atoms with Crippen molar-refractivity contribution in [3.63, 3.8) is 0 Å². The maximum Gasteiger partial charge on any atom is 0.345 e. The first-order valence-corrected chi connectivity index (χ1v) is 5.53. The Balaban J connectivity index is 0.00000196. The Morgan fingerprint density at radius 2 is 2.00 bits per heavy atom. The Kier molecular flexibility index (Phi) is 6.56. The third kappa shape index (κ3) is 4.20. The number of carboxylic acids is 1. The van der Waals surface area contributed by atoms with Crippen LogP contribution >= 0.6 is 23.7 Å². The normalized spacial score (nSPS) is 10.1. The Labute approximate surface area is 100 Å². The second-order valence-electron chi connectivity index (χ2n) is 3.03. The monoisotopic (exact) mass is 249 g/mol. The molecule has 0 aliphatic heterocycles. The van der Waals surface area contributed by atoms with Gasteiger partial charge in [0.25, 0.3) is 0 Å². The number of carbonyl (C=O) groups is 1. The van der Waals surface area contributed by atoms with Gasteiger partial charge >= 0.3 is 5.97 Å². The van der Waals surface area contributed by atoms with Crippen LogP contribution in [0, 0.1) is 0 Å². The van der Waals surface area contributed by atoms with Gasteiger partial charge in [0.1, 0.15) is 4.88 Å². The molecule has 0 atom stereocenters. The van der Waals surface area contributed by atoms with Crippen LogP contribution in [-0.2, 0) is 6.54 Å². The van der Waals surface area contributed by atoms with E-state index in [-0.39, 0.29) is 12.4 Å². The van der Waals surface area contributed by atoms with E-state index in [1.165, 1.54) is 11.3 Å². The van der Waals surface area contributed by atoms with Crippen LogP contribution < -0.4 is 0 Å². The van der Waals surface area contributed by atoms with E-state index < -0.39 is 5.97 Å². The van der Waals surface area contributed by atoms with E-state index in [1.807, 2.05) is 6.07 Å². The maximum absolute atomic E-state index is 10.6. The Bertz CT molecular complexity index is 310. The molecule has 0 spiro atoms. The zero-order chi connectivity index (χ0) is 10.6. The highest BCUT2D eigenvalue weighted by Gasteiger charge is 2.08. The Hall–Kier alpha value is -0.580. The summed E-state index contributed by atoms with van der Waals surface area (Å²) < 4.78 is 0. The highest BCUT2D eigenvalue weighted by atomic mass is 35.5. The van der Waals surface area contributed by atoms with Crippen LogP contribution in [0.5, 0.6) is 0 Å². The Morgan fingerprint density at radius 3 is 2.40 bits per heavy atom. The van der Waals surface area contributed by atoms with Crippen molar-refractivity contribution in [3.8, 4) is 0 Å². The minimum atomic E-state index is -0.833. The quantitative estimate of drug-likeness (QED) is 0.872. The Morgan fingerprint density at radius 1 is 1.40 bits per heavy atom. The zero-order valence-corrected chi connectivity index (χ0v) is 10.5. The van der Waals surface area contributed by atoms with Gasteiger partial charge in [0.05, 0.1) is 0 Å². The van der Waals surface area contributed by atoms with Crippen molar-refractivity contribution >= 4 is 29.7 Å². The summed E-state index contributed by atoms with van der Waals surface area (Å²) in [5.41, 5.74) is 0. The molecule has 0 unspecified atom stereocenters. The lowest BCUT2D eigenvalue weighted by molar-refractivity contribution is 0.0702. The average molecular weight is 250 g/mol. The molecule has 1 aromatic rings. The van der Waals surface area contributed by atoms with Crippen molar-refractivity contribution in [2.45, 2.75) is 20.4 Å². The molecule has 0 amide bonds. The molecule has 0 bridgehead atoms. The number of nitrogens with zero attached hydrogens (tertiary/aromatic N) is 1. The van der Waals surface area contributed by atoms with Crippen molar-refractivity contribution in [2.75, 3.05) is 13.1 Å². The summed E-state index contributed by atoms with van der Waals surface area (Å²) in [6.45, 7) is 7.06. The third-order valence-corrected chi connectivity index (χ3v) is 3.20. The van der Waals surface area contributed by atoms with Crippen LogP contribution in [0.2, 0.25) is 0 Å². The molecule has 86 valence electrons. The maximum atomic E-state index is 10.6. The van der Waals surface area contributed by atoms with Crippen LogP contribution in [-0.4, -0.2) is 29.1 Å². The molecule has 0 saturated carbocycles. The van der Waals surface area contributed by atoms with Crippen LogP contribution in [0.1, 0.15) is 28.4 Å². The molecule has 1 rings (SSSR count). The van der Waals surface area contributed by atoms with Crippen molar-refractivity contribution in [1.82, 2.24) is 4.90 Å². The predicted octanol–water partition coefficient (Wildman–Crippen LogP) is 2.71. The predicted molar refractivity (Wildman–Crippen MR) is 65.2 cm³/mol. The zero-order valence-electron chi connectivity index (χ0n) is 8.90. The fourth-order valence-corrected chi connectivity index (χ4v) is 2.13. The molecule has 0 aromatic carbocycles. The summed E-state index contributed by atoms with van der Waals surface area (Å²) in [6.07, 6.45) is 0. The third-order valence-electron chi connectivity index (χ3n) is 2.15. The first kappa shape index (κ1) is 14.4. The van der Waals surface area contributed by atoms with Crippen molar-refractivity contribution < 1.29 is 9.90 Å². The summed E-state index contributed by atoms with van der Waals surface area (Å²) >= 11 is 1.36. The van der Waals surface area contributed by atoms with Crippen molar-refractivity contribution in [2.24, 2.45) is 0 Å². The van der Waals surface area contributed by atoms with Crippen LogP contribution in [0.3, 0.4) is 0 Å². The largest absolute Gasteiger partial charge is 0.477 e. The summed E-state index contributed by atoms with van der Waals surface area (Å²) in [7, 11) is 0. The second kappa shape index (κ2) is 6.82. The standard InChI is InChI=1S/C10H15NO2S.ClH/c1-3-11(4-2)7-8-5-6-9(14-8)10(12)13;/h5-6H,3-4,7H2,1-2H3,(H,12,13);1H. The number of carboxylic acid groups (broad SMARTS) is 1. The molecule has 0 aliphatic carbocycles. The van der Waals surface area contributed by atoms with Crippen molar-refractivity contribution in [3.05, 3.63) is 21.9 Å². The summed E-state index contributed by atoms with van der Waals surface area (Å²) in [4.78, 5) is 14.4. The first-order chi connectivity index (χ1) is 6.67. The minimum absolute atomic E-state index is 0. The smallest absolute Gasteiger partial charge is 0.345 e. The fraction of sp³-hybridized carbons (Fsp3) is 0.500. The molecule has 0 radical (unpaired) electrons. The molecule has 15 heavy (non-hydrogen) atoms. The van der Waals surface area contributed by atoms with Crippen LogP contribution in [0.4, 0.5) is 0 Å². The molecule has 5 heteroatoms. The number of thiophene rings is 1. The first-order valence-electron chi connectivity index (χ1n) is 4.71. The second-order valence-corrected chi connectivity index (χ2v) is 4.20. The average Bonchev–Trinajstić information content (AvgIpc) is 2.62. The van der Waals surface area contributed by atoms with Gasteiger partial charge < -0.3 is 5.11 Å². The fourth-order valence-electron chi connectivity index (χ4n) is 1.25. The molecule has 1 aromatic heterocycles. The lowest BCUT2D eigenvalue weighted by Crippen LogP contribution is -2.21. The molecular weight excluding hydrogens is 234 g/mol. The number of hydrogen-bond acceptors (Lipinski definition) is 3. The number of rotatable bonds is 5. The van der Waals surface area contributed by atoms with Gasteiger partial charge in [-0.3, -0.25) is 4.90 Å². The topological polar surface area (TPSA) is 40.5 Å². The van der Waals surface area contributed by atoms with Gasteiger partial charge in [-0.1, -0.05) is 13.8 Å². The van der Waals surface area contributed by atoms with Crippen LogP contribution in [0.25, 0.3) is 0 Å². The molecule has 1 heterocycles. The van der Waals surface area contributed by atoms with E-state index in [4.69, 9.17) is 5.11 Å². The van der Waals surface area contributed by atoms with Gasteiger partial charge in [0.15, 0.2) is 0 Å². The van der Waals surface area contributed by atoms with Crippen molar-refractivity contribution in [1.29, 1.82) is 0 Å². The molecule has 0 saturated heterocycles. The highest BCUT2D eigenvalue weighted by molar-refractivity contribution is 7.13. The number of aromatic carboxylic acids is 1. The highest BCUT2D eigenvalue weighted by Crippen LogP contribution is 2.18. The lowest BCUT2D eigenvalue weighted by atomic mass is 10.4. The molecule has 1 N–H and O–H groups in total. The summed E-state index contributed by atoms with van der Waals surface area (Å²) in [5.74, 6) is -0.833. The molecule has 3 nitrogen and oxygen atoms in total. The van der Waals surface area contributed by atoms with Gasteiger partial charge in [-0.15, -0.1) is 23.7 Å². The van der Waals surface area contributed by atoms with Gasteiger partial charge in [0, 0.05) is 11.4 Å². The number of hydrogen-bond donors (Lipinski definition) is 1. The van der Waals surface area contributed by atoms with Gasteiger partial charge in [-0.25, -0.2) is 4.79 Å². The molecular formula is C10H16ClNO2S. The van der Waals surface area contributed by atoms with E-state index in [9.17, 15) is 4.79 Å². The lowest BCUT2D eigenvalue weighted by Gasteiger charge is -2.16. The van der Waals surface area contributed by atoms with E-state index >= 15 is 0 Å². The SMILES string of the molecule is CCN(CC)Cc1ccc(C(=O)O)s1.Cl. The number of halogens is 1. The van der Waals surface area contributed by atoms with Gasteiger partial charge in [-0.05, 0) is 25.2 Å². The van der Waals surface area contributed by atoms with Gasteiger partial charge in [0.2, 0.25) is 0 Å². The van der Waals surface area contributed by atoms with E-state index in [2.05, 4.69) is 18.7 Å². The van der Waals surface area contributed by atoms with Crippen LogP contribution in [0.15, 0.2) is 12.1 Å². The van der Waals surface area contributed by atoms with E-state index in [1.54, 1.807) is 6.07 Å².